The lowest BCUT2D eigenvalue weighted by Crippen LogP contribution is -3.15. The minimum atomic E-state index is -3.24. The number of rotatable bonds is 7. The fraction of sp³-hybridized carbons (Fsp3) is 0.400. The number of piperazine rings is 1. The Labute approximate surface area is 156 Å². The molecular formula is C20H27N2O3S+. The van der Waals surface area contributed by atoms with Crippen LogP contribution in [0.3, 0.4) is 0 Å². The maximum Gasteiger partial charge on any atom is 0.218 e. The van der Waals surface area contributed by atoms with Crippen LogP contribution in [0.1, 0.15) is 11.1 Å². The smallest absolute Gasteiger partial charge is 0.218 e. The van der Waals surface area contributed by atoms with Gasteiger partial charge in [-0.1, -0.05) is 48.5 Å². The Hall–Kier alpha value is -1.89. The number of benzene rings is 2. The van der Waals surface area contributed by atoms with Gasteiger partial charge in [0.1, 0.15) is 18.9 Å². The van der Waals surface area contributed by atoms with Gasteiger partial charge in [0.15, 0.2) is 0 Å². The Balaban J connectivity index is 1.44. The van der Waals surface area contributed by atoms with Crippen LogP contribution in [0.15, 0.2) is 54.6 Å². The van der Waals surface area contributed by atoms with Gasteiger partial charge in [-0.25, -0.2) is 8.42 Å². The number of quaternary nitrogens is 1. The van der Waals surface area contributed by atoms with Crippen LogP contribution >= 0.6 is 0 Å². The van der Waals surface area contributed by atoms with Crippen LogP contribution in [0.4, 0.5) is 0 Å². The highest BCUT2D eigenvalue weighted by Crippen LogP contribution is 2.15. The zero-order valence-electron chi connectivity index (χ0n) is 15.2. The Morgan fingerprint density at radius 2 is 1.65 bits per heavy atom. The number of nitrogens with one attached hydrogen (secondary N) is 1. The highest BCUT2D eigenvalue weighted by molar-refractivity contribution is 7.88. The van der Waals surface area contributed by atoms with E-state index in [4.69, 9.17) is 4.74 Å². The summed E-state index contributed by atoms with van der Waals surface area (Å²) < 4.78 is 32.7. The van der Waals surface area contributed by atoms with E-state index in [1.54, 1.807) is 4.31 Å². The maximum absolute atomic E-state index is 12.6. The number of sulfonamides is 1. The summed E-state index contributed by atoms with van der Waals surface area (Å²) in [6.07, 6.45) is 0. The van der Waals surface area contributed by atoms with Crippen LogP contribution in [0.25, 0.3) is 0 Å². The Kier molecular flexibility index (Phi) is 6.29. The van der Waals surface area contributed by atoms with Gasteiger partial charge in [-0.15, -0.1) is 0 Å². The average molecular weight is 376 g/mol. The van der Waals surface area contributed by atoms with E-state index < -0.39 is 10.0 Å². The largest absolute Gasteiger partial charge is 0.487 e. The number of aryl methyl sites for hydroxylation is 1. The molecule has 0 bridgehead atoms. The summed E-state index contributed by atoms with van der Waals surface area (Å²) in [5, 5.41) is 0. The summed E-state index contributed by atoms with van der Waals surface area (Å²) in [5.41, 5.74) is 1.98. The molecule has 2 aromatic rings. The van der Waals surface area contributed by atoms with Crippen molar-refractivity contribution in [3.8, 4) is 5.75 Å². The third-order valence-corrected chi connectivity index (χ3v) is 6.67. The van der Waals surface area contributed by atoms with Gasteiger partial charge in [0.2, 0.25) is 10.0 Å². The molecule has 0 amide bonds. The molecule has 0 unspecified atom stereocenters. The van der Waals surface area contributed by atoms with Gasteiger partial charge < -0.3 is 9.64 Å². The first kappa shape index (κ1) is 18.9. The topological polar surface area (TPSA) is 51.1 Å². The van der Waals surface area contributed by atoms with Crippen molar-refractivity contribution in [3.63, 3.8) is 0 Å². The van der Waals surface area contributed by atoms with E-state index in [-0.39, 0.29) is 5.75 Å². The Bertz CT molecular complexity index is 801. The molecule has 0 spiro atoms. The van der Waals surface area contributed by atoms with Crippen LogP contribution in [0.2, 0.25) is 0 Å². The van der Waals surface area contributed by atoms with E-state index >= 15 is 0 Å². The van der Waals surface area contributed by atoms with Crippen molar-refractivity contribution in [2.45, 2.75) is 12.7 Å². The first-order chi connectivity index (χ1) is 12.5. The molecule has 1 saturated heterocycles. The van der Waals surface area contributed by atoms with Crippen molar-refractivity contribution in [1.29, 1.82) is 0 Å². The molecule has 1 heterocycles. The van der Waals surface area contributed by atoms with Crippen LogP contribution in [-0.4, -0.2) is 52.1 Å². The summed E-state index contributed by atoms with van der Waals surface area (Å²) in [4.78, 5) is 1.39. The van der Waals surface area contributed by atoms with Crippen molar-refractivity contribution >= 4 is 10.0 Å². The molecule has 0 radical (unpaired) electrons. The zero-order valence-corrected chi connectivity index (χ0v) is 16.0. The molecule has 0 saturated carbocycles. The number of hydrogen-bond acceptors (Lipinski definition) is 3. The predicted molar refractivity (Wildman–Crippen MR) is 103 cm³/mol. The average Bonchev–Trinajstić information content (AvgIpc) is 2.64. The van der Waals surface area contributed by atoms with Crippen LogP contribution in [0.5, 0.6) is 5.75 Å². The number of para-hydroxylation sites is 1. The molecule has 6 heteroatoms. The van der Waals surface area contributed by atoms with Gasteiger partial charge in [0, 0.05) is 0 Å². The zero-order chi connectivity index (χ0) is 18.4. The lowest BCUT2D eigenvalue weighted by Gasteiger charge is -2.31. The number of nitrogens with zero attached hydrogens (tertiary/aromatic N) is 1. The molecule has 26 heavy (non-hydrogen) atoms. The second-order valence-electron chi connectivity index (χ2n) is 6.75. The van der Waals surface area contributed by atoms with E-state index in [2.05, 4.69) is 0 Å². The first-order valence-corrected chi connectivity index (χ1v) is 10.7. The summed E-state index contributed by atoms with van der Waals surface area (Å²) in [7, 11) is -3.24. The number of hydrogen-bond donors (Lipinski definition) is 1. The van der Waals surface area contributed by atoms with Crippen LogP contribution < -0.4 is 9.64 Å². The van der Waals surface area contributed by atoms with Gasteiger partial charge in [-0.3, -0.25) is 0 Å². The lowest BCUT2D eigenvalue weighted by molar-refractivity contribution is -0.903. The maximum atomic E-state index is 12.6. The molecule has 1 aliphatic rings. The fourth-order valence-corrected chi connectivity index (χ4v) is 4.77. The fourth-order valence-electron chi connectivity index (χ4n) is 3.23. The highest BCUT2D eigenvalue weighted by Gasteiger charge is 2.28. The van der Waals surface area contributed by atoms with Crippen molar-refractivity contribution in [3.05, 3.63) is 65.7 Å². The summed E-state index contributed by atoms with van der Waals surface area (Å²) in [6, 6.07) is 17.4. The quantitative estimate of drug-likeness (QED) is 0.789. The molecule has 0 atom stereocenters. The third-order valence-electron chi connectivity index (χ3n) is 4.82. The standard InChI is InChI=1S/C20H26N2O3S/c1-18-7-5-6-10-20(18)25-16-15-21-11-13-22(14-12-21)26(23,24)17-19-8-3-2-4-9-19/h2-10H,11-17H2,1H3/p+1. The minimum absolute atomic E-state index is 0.0829. The van der Waals surface area contributed by atoms with Crippen LogP contribution in [-0.2, 0) is 15.8 Å². The Morgan fingerprint density at radius 1 is 1.00 bits per heavy atom. The van der Waals surface area contributed by atoms with Gasteiger partial charge in [-0.05, 0) is 24.1 Å². The van der Waals surface area contributed by atoms with Crippen molar-refractivity contribution in [2.75, 3.05) is 39.3 Å². The van der Waals surface area contributed by atoms with Gasteiger partial charge >= 0.3 is 0 Å². The lowest BCUT2D eigenvalue weighted by atomic mass is 10.2. The van der Waals surface area contributed by atoms with Crippen molar-refractivity contribution < 1.29 is 18.1 Å². The molecule has 0 aromatic heterocycles. The number of ether oxygens (including phenoxy) is 1. The van der Waals surface area contributed by atoms with Crippen molar-refractivity contribution in [1.82, 2.24) is 4.31 Å². The SMILES string of the molecule is Cc1ccccc1OCC[NH+]1CCN(S(=O)(=O)Cc2ccccc2)CC1. The first-order valence-electron chi connectivity index (χ1n) is 9.08. The predicted octanol–water partition coefficient (Wildman–Crippen LogP) is 1.10. The van der Waals surface area contributed by atoms with E-state index in [0.717, 1.165) is 36.5 Å². The van der Waals surface area contributed by atoms with E-state index in [9.17, 15) is 8.42 Å². The van der Waals surface area contributed by atoms with Gasteiger partial charge in [-0.2, -0.15) is 4.31 Å². The normalized spacial score (nSPS) is 16.5. The van der Waals surface area contributed by atoms with E-state index in [1.165, 1.54) is 4.90 Å². The molecule has 1 aliphatic heterocycles. The van der Waals surface area contributed by atoms with Crippen LogP contribution in [0, 0.1) is 6.92 Å². The molecule has 2 aromatic carbocycles. The van der Waals surface area contributed by atoms with E-state index in [0.29, 0.717) is 19.7 Å². The molecule has 5 nitrogen and oxygen atoms in total. The summed E-state index contributed by atoms with van der Waals surface area (Å²) in [5.74, 6) is 1.01. The third kappa shape index (κ3) is 5.06. The van der Waals surface area contributed by atoms with Crippen molar-refractivity contribution in [2.24, 2.45) is 0 Å². The second kappa shape index (κ2) is 8.66. The molecule has 0 aliphatic carbocycles. The minimum Gasteiger partial charge on any atom is -0.487 e. The summed E-state index contributed by atoms with van der Waals surface area (Å²) >= 11 is 0. The van der Waals surface area contributed by atoms with E-state index in [1.807, 2.05) is 61.5 Å². The molecule has 1 fully saturated rings. The molecule has 140 valence electrons. The highest BCUT2D eigenvalue weighted by atomic mass is 32.2. The molecule has 1 N–H and O–H groups in total. The van der Waals surface area contributed by atoms with Gasteiger partial charge in [0.25, 0.3) is 0 Å². The second-order valence-corrected chi connectivity index (χ2v) is 8.72. The molecular weight excluding hydrogens is 348 g/mol. The van der Waals surface area contributed by atoms with Gasteiger partial charge in [0.05, 0.1) is 31.9 Å². The summed E-state index contributed by atoms with van der Waals surface area (Å²) in [6.45, 7) is 6.39. The Morgan fingerprint density at radius 3 is 2.35 bits per heavy atom. The molecule has 3 rings (SSSR count). The monoisotopic (exact) mass is 375 g/mol.